The summed E-state index contributed by atoms with van der Waals surface area (Å²) in [7, 11) is 0. The molecule has 112 valence electrons. The van der Waals surface area contributed by atoms with Crippen molar-refractivity contribution in [3.05, 3.63) is 34.6 Å². The Balaban J connectivity index is 2.90. The summed E-state index contributed by atoms with van der Waals surface area (Å²) in [6.45, 7) is 0. The van der Waals surface area contributed by atoms with E-state index < -0.39 is 46.4 Å². The van der Waals surface area contributed by atoms with E-state index in [1.165, 1.54) is 0 Å². The van der Waals surface area contributed by atoms with Crippen LogP contribution in [0.4, 0.5) is 0 Å². The molecule has 1 heterocycles. The van der Waals surface area contributed by atoms with Crippen LogP contribution in [0, 0.1) is 0 Å². The highest BCUT2D eigenvalue weighted by Gasteiger charge is 2.24. The number of carbonyl (C=O) groups is 4. The number of aromatic carboxylic acids is 4. The molecule has 0 amide bonds. The Bertz CT molecular complexity index is 721. The fraction of sp³-hybridized carbons (Fsp3) is 0. The molecule has 0 unspecified atom stereocenters. The maximum absolute atomic E-state index is 11.0. The SMILES string of the molecule is O=C(O)c1cc2nc(C(=O)O)c(C(=O)O)nc2cc1C(=O)O. The van der Waals surface area contributed by atoms with Gasteiger partial charge in [0.1, 0.15) is 0 Å². The van der Waals surface area contributed by atoms with Gasteiger partial charge in [-0.2, -0.15) is 0 Å². The van der Waals surface area contributed by atoms with Crippen LogP contribution in [0.15, 0.2) is 12.1 Å². The Kier molecular flexibility index (Phi) is 3.43. The van der Waals surface area contributed by atoms with E-state index in [0.717, 1.165) is 12.1 Å². The second kappa shape index (κ2) is 5.09. The third kappa shape index (κ3) is 2.40. The Labute approximate surface area is 120 Å². The van der Waals surface area contributed by atoms with Crippen molar-refractivity contribution in [2.45, 2.75) is 0 Å². The minimum Gasteiger partial charge on any atom is -0.478 e. The summed E-state index contributed by atoms with van der Waals surface area (Å²) < 4.78 is 0. The number of aromatic nitrogens is 2. The zero-order valence-electron chi connectivity index (χ0n) is 10.5. The summed E-state index contributed by atoms with van der Waals surface area (Å²) in [5.74, 6) is -6.43. The van der Waals surface area contributed by atoms with Crippen LogP contribution in [0.2, 0.25) is 0 Å². The summed E-state index contributed by atoms with van der Waals surface area (Å²) in [6, 6.07) is 1.65. The van der Waals surface area contributed by atoms with E-state index in [9.17, 15) is 19.2 Å². The molecule has 4 N–H and O–H groups in total. The average molecular weight is 306 g/mol. The van der Waals surface area contributed by atoms with Crippen molar-refractivity contribution >= 4 is 34.9 Å². The van der Waals surface area contributed by atoms with Crippen LogP contribution in [0.3, 0.4) is 0 Å². The monoisotopic (exact) mass is 306 g/mol. The van der Waals surface area contributed by atoms with Crippen molar-refractivity contribution in [3.63, 3.8) is 0 Å². The molecule has 2 aromatic rings. The predicted molar refractivity (Wildman–Crippen MR) is 67.4 cm³/mol. The zero-order chi connectivity index (χ0) is 16.6. The number of carboxylic acids is 4. The lowest BCUT2D eigenvalue weighted by atomic mass is 10.1. The normalized spacial score (nSPS) is 10.4. The maximum atomic E-state index is 11.0. The van der Waals surface area contributed by atoms with Crippen LogP contribution in [-0.4, -0.2) is 54.3 Å². The number of rotatable bonds is 4. The summed E-state index contributed by atoms with van der Waals surface area (Å²) in [5.41, 5.74) is -3.48. The fourth-order valence-electron chi connectivity index (χ4n) is 1.75. The van der Waals surface area contributed by atoms with Gasteiger partial charge in [0.05, 0.1) is 22.2 Å². The molecular formula is C12H6N2O8. The van der Waals surface area contributed by atoms with E-state index in [2.05, 4.69) is 9.97 Å². The number of nitrogens with zero attached hydrogens (tertiary/aromatic N) is 2. The van der Waals surface area contributed by atoms with Crippen molar-refractivity contribution in [3.8, 4) is 0 Å². The van der Waals surface area contributed by atoms with Crippen molar-refractivity contribution in [1.29, 1.82) is 0 Å². The van der Waals surface area contributed by atoms with Crippen LogP contribution in [0.1, 0.15) is 41.7 Å². The Hall–Kier alpha value is -3.56. The minimum atomic E-state index is -1.66. The third-order valence-corrected chi connectivity index (χ3v) is 2.67. The number of fused-ring (bicyclic) bond motifs is 1. The van der Waals surface area contributed by atoms with Crippen LogP contribution >= 0.6 is 0 Å². The molecule has 22 heavy (non-hydrogen) atoms. The van der Waals surface area contributed by atoms with Crippen LogP contribution in [-0.2, 0) is 0 Å². The molecular weight excluding hydrogens is 300 g/mol. The fourth-order valence-corrected chi connectivity index (χ4v) is 1.75. The molecule has 0 saturated carbocycles. The summed E-state index contributed by atoms with van der Waals surface area (Å²) in [6.07, 6.45) is 0. The van der Waals surface area contributed by atoms with E-state index in [4.69, 9.17) is 20.4 Å². The topological polar surface area (TPSA) is 175 Å². The van der Waals surface area contributed by atoms with E-state index >= 15 is 0 Å². The highest BCUT2D eigenvalue weighted by Crippen LogP contribution is 2.20. The van der Waals surface area contributed by atoms with Gasteiger partial charge >= 0.3 is 23.9 Å². The predicted octanol–water partition coefficient (Wildman–Crippen LogP) is 0.423. The highest BCUT2D eigenvalue weighted by atomic mass is 16.4. The van der Waals surface area contributed by atoms with Gasteiger partial charge in [-0.25, -0.2) is 29.1 Å². The average Bonchev–Trinajstić information content (AvgIpc) is 2.43. The van der Waals surface area contributed by atoms with E-state index in [-0.39, 0.29) is 11.0 Å². The molecule has 10 nitrogen and oxygen atoms in total. The summed E-state index contributed by atoms with van der Waals surface area (Å²) in [5, 5.41) is 35.8. The molecule has 0 spiro atoms. The first-order valence-corrected chi connectivity index (χ1v) is 5.51. The van der Waals surface area contributed by atoms with Crippen molar-refractivity contribution in [2.75, 3.05) is 0 Å². The van der Waals surface area contributed by atoms with Crippen molar-refractivity contribution in [2.24, 2.45) is 0 Å². The second-order valence-corrected chi connectivity index (χ2v) is 4.03. The molecule has 1 aromatic heterocycles. The Morgan fingerprint density at radius 2 is 0.955 bits per heavy atom. The maximum Gasteiger partial charge on any atom is 0.357 e. The number of benzene rings is 1. The molecule has 0 radical (unpaired) electrons. The molecule has 0 aliphatic carbocycles. The third-order valence-electron chi connectivity index (χ3n) is 2.67. The standard InChI is InChI=1S/C12H6N2O8/c15-9(16)3-1-5-6(2-4(3)10(17)18)14-8(12(21)22)7(13-5)11(19)20/h1-2H,(H,15,16)(H,17,18)(H,19,20)(H,21,22). The van der Waals surface area contributed by atoms with Gasteiger partial charge in [0, 0.05) is 0 Å². The van der Waals surface area contributed by atoms with E-state index in [0.29, 0.717) is 0 Å². The largest absolute Gasteiger partial charge is 0.478 e. The van der Waals surface area contributed by atoms with Crippen molar-refractivity contribution < 1.29 is 39.6 Å². The zero-order valence-corrected chi connectivity index (χ0v) is 10.5. The molecule has 2 rings (SSSR count). The molecule has 0 saturated heterocycles. The molecule has 0 atom stereocenters. The summed E-state index contributed by atoms with van der Waals surface area (Å²) in [4.78, 5) is 51.1. The van der Waals surface area contributed by atoms with Crippen LogP contribution < -0.4 is 0 Å². The lowest BCUT2D eigenvalue weighted by molar-refractivity contribution is 0.0641. The number of hydrogen-bond acceptors (Lipinski definition) is 6. The van der Waals surface area contributed by atoms with E-state index in [1.54, 1.807) is 0 Å². The number of carboxylic acid groups (broad SMARTS) is 4. The quantitative estimate of drug-likeness (QED) is 0.619. The molecule has 0 aliphatic rings. The Morgan fingerprint density at radius 3 is 1.18 bits per heavy atom. The molecule has 0 fully saturated rings. The molecule has 1 aromatic carbocycles. The van der Waals surface area contributed by atoms with Crippen molar-refractivity contribution in [1.82, 2.24) is 9.97 Å². The first kappa shape index (κ1) is 14.8. The van der Waals surface area contributed by atoms with Gasteiger partial charge in [-0.3, -0.25) is 0 Å². The molecule has 0 aliphatic heterocycles. The van der Waals surface area contributed by atoms with Gasteiger partial charge in [0.2, 0.25) is 0 Å². The lowest BCUT2D eigenvalue weighted by Crippen LogP contribution is -2.15. The first-order chi connectivity index (χ1) is 10.2. The highest BCUT2D eigenvalue weighted by molar-refractivity contribution is 6.06. The van der Waals surface area contributed by atoms with Crippen LogP contribution in [0.25, 0.3) is 11.0 Å². The smallest absolute Gasteiger partial charge is 0.357 e. The van der Waals surface area contributed by atoms with Crippen LogP contribution in [0.5, 0.6) is 0 Å². The second-order valence-electron chi connectivity index (χ2n) is 4.03. The number of hydrogen-bond donors (Lipinski definition) is 4. The first-order valence-electron chi connectivity index (χ1n) is 5.51. The van der Waals surface area contributed by atoms with Gasteiger partial charge in [0.15, 0.2) is 11.4 Å². The minimum absolute atomic E-state index is 0.246. The van der Waals surface area contributed by atoms with Gasteiger partial charge in [-0.1, -0.05) is 0 Å². The Morgan fingerprint density at radius 1 is 0.636 bits per heavy atom. The van der Waals surface area contributed by atoms with Gasteiger partial charge in [-0.15, -0.1) is 0 Å². The summed E-state index contributed by atoms with van der Waals surface area (Å²) >= 11 is 0. The lowest BCUT2D eigenvalue weighted by Gasteiger charge is -2.06. The molecule has 0 bridgehead atoms. The van der Waals surface area contributed by atoms with Gasteiger partial charge in [-0.05, 0) is 12.1 Å². The molecule has 10 heteroatoms. The van der Waals surface area contributed by atoms with E-state index in [1.807, 2.05) is 0 Å². The van der Waals surface area contributed by atoms with Gasteiger partial charge in [0.25, 0.3) is 0 Å². The van der Waals surface area contributed by atoms with Gasteiger partial charge < -0.3 is 20.4 Å².